The minimum Gasteiger partial charge on any atom is -0.475 e. The van der Waals surface area contributed by atoms with Gasteiger partial charge in [-0.3, -0.25) is 4.79 Å². The molecule has 1 aromatic rings. The molecule has 27 heavy (non-hydrogen) atoms. The first-order valence-corrected chi connectivity index (χ1v) is 5.60. The molecule has 154 valence electrons. The Labute approximate surface area is 141 Å². The molecular weight excluding hydrogens is 413 g/mol. The minimum absolute atomic E-state index is 0.456. The standard InChI is InChI=1S/C6H4F3N3O.2C2HF3O2/c7-6(8,9)5-11-2-1-3(12-5)4(10)13;2*3-2(4,5)1(6)7/h1-2H,(H2,10,13);2*(H,6,7). The molecule has 0 unspecified atom stereocenters. The van der Waals surface area contributed by atoms with Crippen molar-refractivity contribution in [2.45, 2.75) is 18.5 Å². The highest BCUT2D eigenvalue weighted by molar-refractivity contribution is 5.90. The molecule has 0 aliphatic rings. The van der Waals surface area contributed by atoms with Crippen LogP contribution in [0.4, 0.5) is 39.5 Å². The van der Waals surface area contributed by atoms with Gasteiger partial charge in [0, 0.05) is 6.20 Å². The number of carboxylic acid groups (broad SMARTS) is 2. The summed E-state index contributed by atoms with van der Waals surface area (Å²) >= 11 is 0. The van der Waals surface area contributed by atoms with E-state index in [0.29, 0.717) is 0 Å². The fourth-order valence-electron chi connectivity index (χ4n) is 0.633. The maximum absolute atomic E-state index is 12.0. The fraction of sp³-hybridized carbons (Fsp3) is 0.300. The van der Waals surface area contributed by atoms with Gasteiger partial charge in [-0.2, -0.15) is 39.5 Å². The van der Waals surface area contributed by atoms with Gasteiger partial charge in [0.25, 0.3) is 5.91 Å². The van der Waals surface area contributed by atoms with Gasteiger partial charge in [0.1, 0.15) is 5.69 Å². The van der Waals surface area contributed by atoms with Crippen molar-refractivity contribution >= 4 is 17.8 Å². The molecule has 0 bridgehead atoms. The summed E-state index contributed by atoms with van der Waals surface area (Å²) in [5.41, 5.74) is 4.27. The summed E-state index contributed by atoms with van der Waals surface area (Å²) in [6.45, 7) is 0. The van der Waals surface area contributed by atoms with E-state index in [1.165, 1.54) is 0 Å². The molecule has 0 atom stereocenters. The lowest BCUT2D eigenvalue weighted by Crippen LogP contribution is -2.21. The smallest absolute Gasteiger partial charge is 0.475 e. The third kappa shape index (κ3) is 11.9. The predicted molar refractivity (Wildman–Crippen MR) is 62.9 cm³/mol. The number of aromatic nitrogens is 2. The Morgan fingerprint density at radius 1 is 0.852 bits per heavy atom. The average Bonchev–Trinajstić information content (AvgIpc) is 2.45. The van der Waals surface area contributed by atoms with E-state index in [-0.39, 0.29) is 0 Å². The number of nitrogens with two attached hydrogens (primary N) is 1. The first-order valence-electron chi connectivity index (χ1n) is 5.60. The molecule has 0 radical (unpaired) electrons. The van der Waals surface area contributed by atoms with Crippen molar-refractivity contribution in [3.8, 4) is 0 Å². The highest BCUT2D eigenvalue weighted by Gasteiger charge is 2.39. The molecule has 1 rings (SSSR count). The number of hydrogen-bond acceptors (Lipinski definition) is 5. The van der Waals surface area contributed by atoms with Crippen molar-refractivity contribution in [1.29, 1.82) is 0 Å². The van der Waals surface area contributed by atoms with Crippen molar-refractivity contribution in [3.63, 3.8) is 0 Å². The van der Waals surface area contributed by atoms with Crippen LogP contribution in [0.3, 0.4) is 0 Å². The number of rotatable bonds is 1. The number of primary amides is 1. The van der Waals surface area contributed by atoms with Gasteiger partial charge in [-0.05, 0) is 6.07 Å². The quantitative estimate of drug-likeness (QED) is 0.590. The van der Waals surface area contributed by atoms with E-state index < -0.39 is 47.9 Å². The van der Waals surface area contributed by atoms with Crippen LogP contribution in [0.5, 0.6) is 0 Å². The van der Waals surface area contributed by atoms with Gasteiger partial charge >= 0.3 is 30.5 Å². The number of carbonyl (C=O) groups is 3. The topological polar surface area (TPSA) is 143 Å². The van der Waals surface area contributed by atoms with Crippen LogP contribution < -0.4 is 5.73 Å². The normalized spacial score (nSPS) is 11.3. The van der Waals surface area contributed by atoms with Crippen molar-refractivity contribution in [3.05, 3.63) is 23.8 Å². The van der Waals surface area contributed by atoms with Crippen LogP contribution in [0.15, 0.2) is 12.3 Å². The zero-order chi connectivity index (χ0) is 22.2. The van der Waals surface area contributed by atoms with Crippen LogP contribution in [-0.2, 0) is 15.8 Å². The number of nitrogens with zero attached hydrogens (tertiary/aromatic N) is 2. The number of aliphatic carboxylic acids is 2. The van der Waals surface area contributed by atoms with E-state index in [4.69, 9.17) is 25.5 Å². The van der Waals surface area contributed by atoms with Crippen molar-refractivity contribution in [1.82, 2.24) is 9.97 Å². The third-order valence-corrected chi connectivity index (χ3v) is 1.65. The maximum atomic E-state index is 12.0. The van der Waals surface area contributed by atoms with E-state index in [9.17, 15) is 44.3 Å². The van der Waals surface area contributed by atoms with Gasteiger partial charge in [0.2, 0.25) is 5.82 Å². The zero-order valence-electron chi connectivity index (χ0n) is 12.1. The van der Waals surface area contributed by atoms with E-state index in [2.05, 4.69) is 9.97 Å². The Morgan fingerprint density at radius 3 is 1.41 bits per heavy atom. The number of alkyl halides is 9. The van der Waals surface area contributed by atoms with Crippen LogP contribution in [0, 0.1) is 0 Å². The van der Waals surface area contributed by atoms with Crippen LogP contribution in [-0.4, -0.2) is 50.4 Å². The summed E-state index contributed by atoms with van der Waals surface area (Å²) in [7, 11) is 0. The molecule has 0 fully saturated rings. The lowest BCUT2D eigenvalue weighted by atomic mass is 10.4. The second-order valence-electron chi connectivity index (χ2n) is 3.73. The molecule has 1 aromatic heterocycles. The van der Waals surface area contributed by atoms with E-state index in [0.717, 1.165) is 12.3 Å². The van der Waals surface area contributed by atoms with E-state index in [1.807, 2.05) is 0 Å². The van der Waals surface area contributed by atoms with Crippen molar-refractivity contribution in [2.24, 2.45) is 5.73 Å². The monoisotopic (exact) mass is 419 g/mol. The molecule has 17 heteroatoms. The number of carboxylic acids is 2. The molecule has 4 N–H and O–H groups in total. The summed E-state index contributed by atoms with van der Waals surface area (Å²) in [5, 5.41) is 14.2. The average molecular weight is 419 g/mol. The first-order chi connectivity index (χ1) is 11.8. The van der Waals surface area contributed by atoms with Crippen LogP contribution in [0.1, 0.15) is 16.3 Å². The molecule has 1 amide bonds. The van der Waals surface area contributed by atoms with Crippen LogP contribution in [0.2, 0.25) is 0 Å². The third-order valence-electron chi connectivity index (χ3n) is 1.65. The van der Waals surface area contributed by atoms with Gasteiger partial charge in [0.05, 0.1) is 0 Å². The second-order valence-corrected chi connectivity index (χ2v) is 3.73. The van der Waals surface area contributed by atoms with Crippen molar-refractivity contribution in [2.75, 3.05) is 0 Å². The van der Waals surface area contributed by atoms with Crippen LogP contribution >= 0.6 is 0 Å². The molecule has 0 aliphatic heterocycles. The molecular formula is C10H6F9N3O5. The highest BCUT2D eigenvalue weighted by atomic mass is 19.4. The zero-order valence-corrected chi connectivity index (χ0v) is 12.1. The van der Waals surface area contributed by atoms with Crippen LogP contribution in [0.25, 0.3) is 0 Å². The molecule has 0 saturated heterocycles. The van der Waals surface area contributed by atoms with Gasteiger partial charge in [-0.1, -0.05) is 0 Å². The Morgan fingerprint density at radius 2 is 1.19 bits per heavy atom. The predicted octanol–water partition coefficient (Wildman–Crippen LogP) is 1.86. The lowest BCUT2D eigenvalue weighted by Gasteiger charge is -2.03. The van der Waals surface area contributed by atoms with Gasteiger partial charge in [-0.25, -0.2) is 19.6 Å². The Kier molecular flexibility index (Phi) is 9.21. The summed E-state index contributed by atoms with van der Waals surface area (Å²) in [4.78, 5) is 34.1. The second kappa shape index (κ2) is 9.53. The molecule has 8 nitrogen and oxygen atoms in total. The molecule has 1 heterocycles. The maximum Gasteiger partial charge on any atom is 0.490 e. The minimum atomic E-state index is -5.08. The number of halogens is 9. The van der Waals surface area contributed by atoms with Gasteiger partial charge < -0.3 is 15.9 Å². The van der Waals surface area contributed by atoms with E-state index >= 15 is 0 Å². The number of carbonyl (C=O) groups excluding carboxylic acids is 1. The Hall–Kier alpha value is -3.14. The highest BCUT2D eigenvalue weighted by Crippen LogP contribution is 2.25. The summed E-state index contributed by atoms with van der Waals surface area (Å²) in [5.74, 6) is -7.91. The summed E-state index contributed by atoms with van der Waals surface area (Å²) in [6, 6.07) is 1.01. The molecule has 0 aliphatic carbocycles. The van der Waals surface area contributed by atoms with Gasteiger partial charge in [-0.15, -0.1) is 0 Å². The number of hydrogen-bond donors (Lipinski definition) is 3. The largest absolute Gasteiger partial charge is 0.490 e. The molecule has 0 aromatic carbocycles. The summed E-state index contributed by atoms with van der Waals surface area (Å²) in [6.07, 6.45) is -14.0. The Bertz CT molecular complexity index is 645. The Balaban J connectivity index is 0. The van der Waals surface area contributed by atoms with Gasteiger partial charge in [0.15, 0.2) is 0 Å². The number of amides is 1. The van der Waals surface area contributed by atoms with Crippen molar-refractivity contribution < 1.29 is 64.1 Å². The lowest BCUT2D eigenvalue weighted by molar-refractivity contribution is -0.193. The summed E-state index contributed by atoms with van der Waals surface area (Å²) < 4.78 is 99.3. The molecule has 0 saturated carbocycles. The first kappa shape index (κ1) is 26.1. The molecule has 0 spiro atoms. The van der Waals surface area contributed by atoms with E-state index in [1.54, 1.807) is 0 Å². The fourth-order valence-corrected chi connectivity index (χ4v) is 0.633. The SMILES string of the molecule is NC(=O)c1ccnc(C(F)(F)F)n1.O=C(O)C(F)(F)F.O=C(O)C(F)(F)F.